The third kappa shape index (κ3) is 10.9. The number of carboxylic acid groups (broad SMARTS) is 1. The molecule has 0 saturated heterocycles. The molecule has 0 aliphatic heterocycles. The van der Waals surface area contributed by atoms with Gasteiger partial charge in [-0.05, 0) is 6.04 Å². The summed E-state index contributed by atoms with van der Waals surface area (Å²) in [5.41, 5.74) is 0. The first-order valence-electron chi connectivity index (χ1n) is 3.13. The number of aliphatic carboxylic acids is 1. The minimum atomic E-state index is -1.10. The maximum atomic E-state index is 10.1. The maximum absolute atomic E-state index is 10.1. The fourth-order valence-corrected chi connectivity index (χ4v) is 1.45. The van der Waals surface area contributed by atoms with Gasteiger partial charge in [0.25, 0.3) is 0 Å². The minimum Gasteiger partial charge on any atom is -0.481 e. The van der Waals surface area contributed by atoms with Gasteiger partial charge in [-0.15, -0.1) is 12.4 Å². The van der Waals surface area contributed by atoms with E-state index in [0.717, 1.165) is 6.04 Å². The van der Waals surface area contributed by atoms with E-state index in [1.165, 1.54) is 0 Å². The zero-order valence-corrected chi connectivity index (χ0v) is 8.49. The molecule has 0 unspecified atom stereocenters. The molecule has 0 radical (unpaired) electrons. The van der Waals surface area contributed by atoms with Gasteiger partial charge in [-0.3, -0.25) is 4.79 Å². The van der Waals surface area contributed by atoms with Crippen molar-refractivity contribution in [3.63, 3.8) is 0 Å². The van der Waals surface area contributed by atoms with Gasteiger partial charge in [-0.2, -0.15) is 0 Å². The second-order valence-corrected chi connectivity index (χ2v) is 9.08. The molecule has 10 heavy (non-hydrogen) atoms. The van der Waals surface area contributed by atoms with Gasteiger partial charge in [0, 0.05) is 14.5 Å². The Kier molecular flexibility index (Phi) is 5.99. The van der Waals surface area contributed by atoms with Crippen molar-refractivity contribution >= 4 is 26.5 Å². The Morgan fingerprint density at radius 3 is 1.90 bits per heavy atom. The standard InChI is InChI=1S/C6H14O2Si.ClH/c1-9(2,3)5-4-6(7)8;/h4-5H2,1-3H3,(H,7,8);1H. The lowest BCUT2D eigenvalue weighted by Crippen LogP contribution is -2.20. The first-order chi connectivity index (χ1) is 3.92. The second-order valence-electron chi connectivity index (χ2n) is 3.45. The van der Waals surface area contributed by atoms with E-state index in [2.05, 4.69) is 19.6 Å². The molecule has 0 amide bonds. The molecule has 0 bridgehead atoms. The quantitative estimate of drug-likeness (QED) is 0.680. The fourth-order valence-electron chi connectivity index (χ4n) is 0.482. The van der Waals surface area contributed by atoms with Gasteiger partial charge in [-0.1, -0.05) is 19.6 Å². The predicted molar refractivity (Wildman–Crippen MR) is 47.7 cm³/mol. The average Bonchev–Trinajstić information content (AvgIpc) is 1.59. The summed E-state index contributed by atoms with van der Waals surface area (Å²) >= 11 is 0. The van der Waals surface area contributed by atoms with Gasteiger partial charge in [0.2, 0.25) is 0 Å². The van der Waals surface area contributed by atoms with Crippen molar-refractivity contribution < 1.29 is 9.90 Å². The minimum absolute atomic E-state index is 0. The molecule has 0 aromatic rings. The molecule has 0 spiro atoms. The van der Waals surface area contributed by atoms with E-state index in [9.17, 15) is 4.79 Å². The summed E-state index contributed by atoms with van der Waals surface area (Å²) in [7, 11) is -1.10. The molecule has 0 aliphatic carbocycles. The van der Waals surface area contributed by atoms with Crippen LogP contribution in [0.2, 0.25) is 25.7 Å². The Bertz CT molecular complexity index is 109. The largest absolute Gasteiger partial charge is 0.481 e. The lowest BCUT2D eigenvalue weighted by atomic mass is 10.5. The highest BCUT2D eigenvalue weighted by molar-refractivity contribution is 6.76. The van der Waals surface area contributed by atoms with Crippen LogP contribution in [0.5, 0.6) is 0 Å². The van der Waals surface area contributed by atoms with Crippen LogP contribution in [0.3, 0.4) is 0 Å². The van der Waals surface area contributed by atoms with Crippen LogP contribution in [0.4, 0.5) is 0 Å². The van der Waals surface area contributed by atoms with Gasteiger partial charge < -0.3 is 5.11 Å². The molecule has 0 heterocycles. The number of rotatable bonds is 3. The molecule has 0 aromatic heterocycles. The Labute approximate surface area is 69.1 Å². The molecular weight excluding hydrogens is 168 g/mol. The van der Waals surface area contributed by atoms with E-state index < -0.39 is 14.0 Å². The third-order valence-corrected chi connectivity index (χ3v) is 2.84. The molecule has 62 valence electrons. The number of carbonyl (C=O) groups is 1. The summed E-state index contributed by atoms with van der Waals surface area (Å²) in [5, 5.41) is 8.30. The van der Waals surface area contributed by atoms with Crippen LogP contribution in [-0.4, -0.2) is 19.1 Å². The summed E-state index contributed by atoms with van der Waals surface area (Å²) in [4.78, 5) is 10.1. The van der Waals surface area contributed by atoms with Crippen LogP contribution < -0.4 is 0 Å². The lowest BCUT2D eigenvalue weighted by molar-refractivity contribution is -0.136. The van der Waals surface area contributed by atoms with Gasteiger partial charge in [0.15, 0.2) is 0 Å². The predicted octanol–water partition coefficient (Wildman–Crippen LogP) is 2.22. The molecule has 0 aromatic carbocycles. The van der Waals surface area contributed by atoms with Crippen LogP contribution in [0.25, 0.3) is 0 Å². The van der Waals surface area contributed by atoms with E-state index in [0.29, 0.717) is 6.42 Å². The Hall–Kier alpha value is -0.0231. The summed E-state index contributed by atoms with van der Waals surface area (Å²) in [5.74, 6) is -0.669. The Morgan fingerprint density at radius 1 is 1.40 bits per heavy atom. The summed E-state index contributed by atoms with van der Waals surface area (Å²) in [6, 6.07) is 0.891. The maximum Gasteiger partial charge on any atom is 0.303 e. The summed E-state index contributed by atoms with van der Waals surface area (Å²) in [6.07, 6.45) is 0.343. The molecule has 1 N–H and O–H groups in total. The van der Waals surface area contributed by atoms with Crippen molar-refractivity contribution in [3.05, 3.63) is 0 Å². The monoisotopic (exact) mass is 182 g/mol. The van der Waals surface area contributed by atoms with Crippen molar-refractivity contribution in [2.75, 3.05) is 0 Å². The van der Waals surface area contributed by atoms with Gasteiger partial charge >= 0.3 is 5.97 Å². The van der Waals surface area contributed by atoms with Crippen molar-refractivity contribution in [1.82, 2.24) is 0 Å². The van der Waals surface area contributed by atoms with Crippen LogP contribution >= 0.6 is 12.4 Å². The second kappa shape index (κ2) is 4.74. The molecule has 0 saturated carbocycles. The zero-order valence-electron chi connectivity index (χ0n) is 6.68. The average molecular weight is 183 g/mol. The molecule has 4 heteroatoms. The van der Waals surface area contributed by atoms with Gasteiger partial charge in [0.05, 0.1) is 0 Å². The summed E-state index contributed by atoms with van der Waals surface area (Å²) < 4.78 is 0. The number of halogens is 1. The van der Waals surface area contributed by atoms with Crippen LogP contribution in [-0.2, 0) is 4.79 Å². The summed E-state index contributed by atoms with van der Waals surface area (Å²) in [6.45, 7) is 6.53. The smallest absolute Gasteiger partial charge is 0.303 e. The Balaban J connectivity index is 0. The highest BCUT2D eigenvalue weighted by atomic mass is 35.5. The normalized spacial score (nSPS) is 10.3. The molecular formula is C6H15ClO2Si. The van der Waals surface area contributed by atoms with Crippen LogP contribution in [0.1, 0.15) is 6.42 Å². The molecule has 2 nitrogen and oxygen atoms in total. The molecule has 0 atom stereocenters. The fraction of sp³-hybridized carbons (Fsp3) is 0.833. The number of hydrogen-bond acceptors (Lipinski definition) is 1. The van der Waals surface area contributed by atoms with Crippen molar-refractivity contribution in [3.8, 4) is 0 Å². The van der Waals surface area contributed by atoms with Crippen LogP contribution in [0.15, 0.2) is 0 Å². The lowest BCUT2D eigenvalue weighted by Gasteiger charge is -2.12. The van der Waals surface area contributed by atoms with E-state index >= 15 is 0 Å². The topological polar surface area (TPSA) is 37.3 Å². The zero-order chi connectivity index (χ0) is 7.49. The Morgan fingerprint density at radius 2 is 1.80 bits per heavy atom. The number of carboxylic acids is 1. The first-order valence-corrected chi connectivity index (χ1v) is 6.84. The van der Waals surface area contributed by atoms with E-state index in [1.54, 1.807) is 0 Å². The first kappa shape index (κ1) is 12.6. The molecule has 0 fully saturated rings. The van der Waals surface area contributed by atoms with Gasteiger partial charge in [0.1, 0.15) is 0 Å². The number of hydrogen-bond donors (Lipinski definition) is 1. The highest BCUT2D eigenvalue weighted by Crippen LogP contribution is 2.10. The van der Waals surface area contributed by atoms with Crippen molar-refractivity contribution in [2.24, 2.45) is 0 Å². The molecule has 0 aliphatic rings. The SMILES string of the molecule is C[Si](C)(C)CCC(=O)O.Cl. The van der Waals surface area contributed by atoms with Crippen molar-refractivity contribution in [1.29, 1.82) is 0 Å². The third-order valence-electron chi connectivity index (χ3n) is 1.09. The highest BCUT2D eigenvalue weighted by Gasteiger charge is 2.13. The van der Waals surface area contributed by atoms with Gasteiger partial charge in [-0.25, -0.2) is 0 Å². The van der Waals surface area contributed by atoms with E-state index in [-0.39, 0.29) is 12.4 Å². The van der Waals surface area contributed by atoms with Crippen molar-refractivity contribution in [2.45, 2.75) is 32.1 Å². The van der Waals surface area contributed by atoms with E-state index in [4.69, 9.17) is 5.11 Å². The van der Waals surface area contributed by atoms with E-state index in [1.807, 2.05) is 0 Å². The van der Waals surface area contributed by atoms with Crippen LogP contribution in [0, 0.1) is 0 Å². The molecule has 0 rings (SSSR count).